The van der Waals surface area contributed by atoms with Crippen molar-refractivity contribution in [2.45, 2.75) is 37.1 Å². The number of urea groups is 1. The Kier molecular flexibility index (Phi) is 6.95. The lowest BCUT2D eigenvalue weighted by molar-refractivity contribution is 0.245. The number of aromatic nitrogens is 2. The fraction of sp³-hybridized carbons (Fsp3) is 0.700. The van der Waals surface area contributed by atoms with E-state index < -0.39 is 16.1 Å². The minimum atomic E-state index is -3.88. The van der Waals surface area contributed by atoms with Crippen molar-refractivity contribution in [3.05, 3.63) is 0 Å². The Labute approximate surface area is 127 Å². The second kappa shape index (κ2) is 8.22. The highest BCUT2D eigenvalue weighted by Crippen LogP contribution is 2.18. The smallest absolute Gasteiger partial charge is 0.321 e. The summed E-state index contributed by atoms with van der Waals surface area (Å²) in [4.78, 5) is 11.7. The number of hydrogen-bond acceptors (Lipinski definition) is 7. The van der Waals surface area contributed by atoms with Crippen molar-refractivity contribution in [3.8, 4) is 0 Å². The maximum Gasteiger partial charge on any atom is 0.321 e. The number of carbonyl (C=O) groups is 1. The topological polar surface area (TPSA) is 139 Å². The van der Waals surface area contributed by atoms with Crippen molar-refractivity contribution >= 4 is 32.5 Å². The van der Waals surface area contributed by atoms with Gasteiger partial charge in [0.25, 0.3) is 10.0 Å². The molecule has 1 saturated heterocycles. The monoisotopic (exact) mass is 336 g/mol. The third-order valence-electron chi connectivity index (χ3n) is 2.54. The van der Waals surface area contributed by atoms with Crippen LogP contribution in [-0.2, 0) is 10.0 Å². The summed E-state index contributed by atoms with van der Waals surface area (Å²) in [6.45, 7) is 5.72. The number of rotatable bonds is 3. The van der Waals surface area contributed by atoms with Crippen LogP contribution in [0.25, 0.3) is 0 Å². The van der Waals surface area contributed by atoms with Crippen molar-refractivity contribution in [1.82, 2.24) is 20.8 Å². The van der Waals surface area contributed by atoms with Gasteiger partial charge in [-0.3, -0.25) is 5.32 Å². The summed E-state index contributed by atoms with van der Waals surface area (Å²) in [6.07, 6.45) is 1.71. The van der Waals surface area contributed by atoms with Crippen LogP contribution in [-0.4, -0.2) is 43.8 Å². The van der Waals surface area contributed by atoms with Crippen molar-refractivity contribution in [1.29, 1.82) is 0 Å². The van der Waals surface area contributed by atoms with Crippen LogP contribution in [0.15, 0.2) is 4.34 Å². The molecule has 1 aromatic rings. The first kappa shape index (κ1) is 17.8. The summed E-state index contributed by atoms with van der Waals surface area (Å²) in [5.41, 5.74) is 0. The maximum absolute atomic E-state index is 11.7. The van der Waals surface area contributed by atoms with Crippen molar-refractivity contribution < 1.29 is 13.2 Å². The summed E-state index contributed by atoms with van der Waals surface area (Å²) in [7, 11) is -3.88. The Bertz CT molecular complexity index is 553. The first-order chi connectivity index (χ1) is 9.95. The van der Waals surface area contributed by atoms with Gasteiger partial charge < -0.3 is 10.6 Å². The van der Waals surface area contributed by atoms with E-state index in [9.17, 15) is 13.2 Å². The lowest BCUT2D eigenvalue weighted by Gasteiger charge is -2.23. The van der Waals surface area contributed by atoms with Crippen LogP contribution in [0.3, 0.4) is 0 Å². The van der Waals surface area contributed by atoms with Crippen LogP contribution in [0, 0.1) is 0 Å². The number of sulfonamides is 1. The summed E-state index contributed by atoms with van der Waals surface area (Å²) >= 11 is 0.711. The zero-order chi connectivity index (χ0) is 15.9. The zero-order valence-electron chi connectivity index (χ0n) is 11.9. The molecule has 5 N–H and O–H groups in total. The number of carbonyl (C=O) groups excluding carboxylic acids is 1. The first-order valence-electron chi connectivity index (χ1n) is 6.60. The van der Waals surface area contributed by atoms with Gasteiger partial charge in [-0.15, -0.1) is 10.2 Å². The number of piperidine rings is 1. The van der Waals surface area contributed by atoms with Gasteiger partial charge in [-0.05, 0) is 25.9 Å². The summed E-state index contributed by atoms with van der Waals surface area (Å²) in [6, 6.07) is -0.323. The van der Waals surface area contributed by atoms with E-state index in [0.717, 1.165) is 25.9 Å². The molecule has 1 aliphatic heterocycles. The quantitative estimate of drug-likeness (QED) is 0.577. The predicted molar refractivity (Wildman–Crippen MR) is 80.7 cm³/mol. The van der Waals surface area contributed by atoms with E-state index in [2.05, 4.69) is 26.1 Å². The van der Waals surface area contributed by atoms with Gasteiger partial charge in [0.05, 0.1) is 0 Å². The Morgan fingerprint density at radius 1 is 1.33 bits per heavy atom. The maximum atomic E-state index is 11.7. The molecule has 0 atom stereocenters. The van der Waals surface area contributed by atoms with Gasteiger partial charge in [-0.2, -0.15) is 0 Å². The molecular weight excluding hydrogens is 316 g/mol. The second-order valence-corrected chi connectivity index (χ2v) is 6.75. The van der Waals surface area contributed by atoms with Crippen LogP contribution >= 0.6 is 11.3 Å². The minimum absolute atomic E-state index is 0.0930. The number of amides is 2. The molecule has 1 fully saturated rings. The van der Waals surface area contributed by atoms with E-state index in [1.54, 1.807) is 0 Å². The van der Waals surface area contributed by atoms with E-state index in [-0.39, 0.29) is 15.5 Å². The average molecular weight is 336 g/mol. The number of hydrogen-bond donors (Lipinski definition) is 4. The van der Waals surface area contributed by atoms with Gasteiger partial charge in [-0.1, -0.05) is 25.2 Å². The Morgan fingerprint density at radius 3 is 2.48 bits per heavy atom. The molecule has 9 nitrogen and oxygen atoms in total. The number of nitrogens with two attached hydrogens (primary N) is 1. The van der Waals surface area contributed by atoms with Crippen LogP contribution in [0.2, 0.25) is 0 Å². The van der Waals surface area contributed by atoms with Crippen molar-refractivity contribution in [2.75, 3.05) is 18.4 Å². The van der Waals surface area contributed by atoms with Crippen LogP contribution in [0.4, 0.5) is 9.93 Å². The molecule has 0 aromatic carbocycles. The largest absolute Gasteiger partial charge is 0.335 e. The molecule has 0 saturated carbocycles. The highest BCUT2D eigenvalue weighted by molar-refractivity contribution is 7.91. The van der Waals surface area contributed by atoms with E-state index in [0.29, 0.717) is 11.3 Å². The first-order valence-corrected chi connectivity index (χ1v) is 8.96. The summed E-state index contributed by atoms with van der Waals surface area (Å²) in [5, 5.41) is 20.3. The van der Waals surface area contributed by atoms with Crippen LogP contribution in [0.1, 0.15) is 26.7 Å². The molecule has 0 bridgehead atoms. The predicted octanol–water partition coefficient (Wildman–Crippen LogP) is 0.0852. The minimum Gasteiger partial charge on any atom is -0.335 e. The molecule has 1 aromatic heterocycles. The van der Waals surface area contributed by atoms with Gasteiger partial charge in [-0.25, -0.2) is 18.4 Å². The molecule has 120 valence electrons. The molecule has 11 heteroatoms. The fourth-order valence-corrected chi connectivity index (χ4v) is 2.99. The molecule has 0 unspecified atom stereocenters. The molecule has 1 aliphatic rings. The number of primary sulfonamides is 1. The van der Waals surface area contributed by atoms with E-state index in [4.69, 9.17) is 5.14 Å². The van der Waals surface area contributed by atoms with Gasteiger partial charge in [0.2, 0.25) is 9.47 Å². The summed E-state index contributed by atoms with van der Waals surface area (Å²) in [5.74, 6) is 0. The van der Waals surface area contributed by atoms with Crippen LogP contribution in [0.5, 0.6) is 0 Å². The molecule has 2 amide bonds. The van der Waals surface area contributed by atoms with E-state index >= 15 is 0 Å². The third-order valence-corrected chi connectivity index (χ3v) is 4.69. The Morgan fingerprint density at radius 2 is 1.95 bits per heavy atom. The second-order valence-electron chi connectivity index (χ2n) is 4.04. The molecular formula is C10H20N6O3S2. The number of anilines is 1. The molecule has 0 spiro atoms. The SMILES string of the molecule is CC.NS(=O)(=O)c1nnc(NC(=O)NC2CCNCC2)s1. The van der Waals surface area contributed by atoms with Gasteiger partial charge in [0.15, 0.2) is 0 Å². The molecule has 2 rings (SSSR count). The normalized spacial score (nSPS) is 15.8. The lowest BCUT2D eigenvalue weighted by atomic mass is 10.1. The van der Waals surface area contributed by atoms with Crippen LogP contribution < -0.4 is 21.1 Å². The van der Waals surface area contributed by atoms with Gasteiger partial charge in [0, 0.05) is 6.04 Å². The molecule has 0 radical (unpaired) electrons. The van der Waals surface area contributed by atoms with E-state index in [1.807, 2.05) is 13.8 Å². The Hall–Kier alpha value is -1.30. The molecule has 0 aliphatic carbocycles. The number of nitrogens with zero attached hydrogens (tertiary/aromatic N) is 2. The highest BCUT2D eigenvalue weighted by atomic mass is 32.2. The fourth-order valence-electron chi connectivity index (χ4n) is 1.66. The van der Waals surface area contributed by atoms with Crippen molar-refractivity contribution in [2.24, 2.45) is 5.14 Å². The van der Waals surface area contributed by atoms with Crippen molar-refractivity contribution in [3.63, 3.8) is 0 Å². The average Bonchev–Trinajstić information content (AvgIpc) is 2.90. The lowest BCUT2D eigenvalue weighted by Crippen LogP contribution is -2.44. The molecule has 21 heavy (non-hydrogen) atoms. The van der Waals surface area contributed by atoms with Gasteiger partial charge >= 0.3 is 6.03 Å². The zero-order valence-corrected chi connectivity index (χ0v) is 13.6. The molecule has 2 heterocycles. The standard InChI is InChI=1S/C8H14N6O3S2.C2H6/c9-19(16,17)8-14-13-7(18-8)12-6(15)11-5-1-3-10-4-2-5;1-2/h5,10H,1-4H2,(H2,9,16,17)(H2,11,12,13,15);1-2H3. The van der Waals surface area contributed by atoms with Gasteiger partial charge in [0.1, 0.15) is 0 Å². The summed E-state index contributed by atoms with van der Waals surface area (Å²) < 4.78 is 21.7. The Balaban J connectivity index is 0.00000106. The third kappa shape index (κ3) is 5.91. The van der Waals surface area contributed by atoms with E-state index in [1.165, 1.54) is 0 Å². The number of nitrogens with one attached hydrogen (secondary N) is 3. The highest BCUT2D eigenvalue weighted by Gasteiger charge is 2.18.